The smallest absolute Gasteiger partial charge is 0.416 e. The Morgan fingerprint density at radius 3 is 2.47 bits per heavy atom. The Morgan fingerprint density at radius 2 is 1.81 bits per heavy atom. The number of ether oxygens (including phenoxy) is 1. The summed E-state index contributed by atoms with van der Waals surface area (Å²) in [5.74, 6) is -0.435. The van der Waals surface area contributed by atoms with Crippen molar-refractivity contribution in [2.24, 2.45) is 11.8 Å². The number of fused-ring (bicyclic) bond motifs is 1. The number of halogens is 3. The summed E-state index contributed by atoms with van der Waals surface area (Å²) in [6, 6.07) is 2.84. The molecule has 8 nitrogen and oxygen atoms in total. The number of nitrogens with one attached hydrogen (secondary N) is 1. The molecule has 0 radical (unpaired) electrons. The maximum atomic E-state index is 13.1. The minimum atomic E-state index is -4.64. The maximum Gasteiger partial charge on any atom is 0.416 e. The Morgan fingerprint density at radius 1 is 1.08 bits per heavy atom. The van der Waals surface area contributed by atoms with Gasteiger partial charge in [-0.15, -0.1) is 0 Å². The number of carbonyl (C=O) groups excluding carboxylic acids is 2. The number of benzene rings is 1. The van der Waals surface area contributed by atoms with E-state index in [1.54, 1.807) is 20.8 Å². The Bertz CT molecular complexity index is 1120. The molecule has 1 aliphatic carbocycles. The standard InChI is InChI=1S/C24H32F3N3O5S/c1-23(2,3)35-22(32)30-11-5-8-20(30)21(31)28-19-10-9-15-13-29(14-18(15)19)36(33,34)17-7-4-6-16(12-17)24(25,26)27/h4,6-7,12,15,18-20H,5,8-11,13-14H2,1-3H3,(H,28,31)/t15-,18+,19+,20?/m1/s1. The van der Waals surface area contributed by atoms with Gasteiger partial charge in [0.25, 0.3) is 0 Å². The number of sulfonamides is 1. The van der Waals surface area contributed by atoms with Crippen molar-refractivity contribution in [1.82, 2.24) is 14.5 Å². The van der Waals surface area contributed by atoms with Gasteiger partial charge in [-0.1, -0.05) is 6.07 Å². The highest BCUT2D eigenvalue weighted by molar-refractivity contribution is 7.89. The zero-order valence-electron chi connectivity index (χ0n) is 20.5. The third kappa shape index (κ3) is 5.49. The zero-order valence-corrected chi connectivity index (χ0v) is 21.4. The van der Waals surface area contributed by atoms with Crippen LogP contribution < -0.4 is 5.32 Å². The number of rotatable bonds is 4. The van der Waals surface area contributed by atoms with Crippen LogP contribution in [0.4, 0.5) is 18.0 Å². The van der Waals surface area contributed by atoms with E-state index in [4.69, 9.17) is 4.74 Å². The van der Waals surface area contributed by atoms with Crippen LogP contribution in [-0.4, -0.2) is 66.9 Å². The van der Waals surface area contributed by atoms with Gasteiger partial charge in [-0.2, -0.15) is 17.5 Å². The minimum Gasteiger partial charge on any atom is -0.444 e. The minimum absolute atomic E-state index is 0.00131. The number of hydrogen-bond acceptors (Lipinski definition) is 5. The highest BCUT2D eigenvalue weighted by Crippen LogP contribution is 2.41. The van der Waals surface area contributed by atoms with Gasteiger partial charge in [-0.3, -0.25) is 9.69 Å². The molecule has 1 aromatic rings. The van der Waals surface area contributed by atoms with Crippen LogP contribution in [0.2, 0.25) is 0 Å². The predicted molar refractivity (Wildman–Crippen MR) is 124 cm³/mol. The van der Waals surface area contributed by atoms with Gasteiger partial charge in [-0.05, 0) is 76.5 Å². The Balaban J connectivity index is 1.42. The second kappa shape index (κ2) is 9.51. The molecular weight excluding hydrogens is 499 g/mol. The molecule has 4 atom stereocenters. The molecule has 0 spiro atoms. The molecule has 0 aromatic heterocycles. The van der Waals surface area contributed by atoms with Gasteiger partial charge in [0.2, 0.25) is 15.9 Å². The van der Waals surface area contributed by atoms with Crippen molar-refractivity contribution in [1.29, 1.82) is 0 Å². The second-order valence-electron chi connectivity index (χ2n) is 10.8. The van der Waals surface area contributed by atoms with Gasteiger partial charge >= 0.3 is 12.3 Å². The first-order chi connectivity index (χ1) is 16.7. The Labute approximate surface area is 209 Å². The van der Waals surface area contributed by atoms with E-state index >= 15 is 0 Å². The van der Waals surface area contributed by atoms with Crippen molar-refractivity contribution < 1.29 is 35.9 Å². The molecule has 3 fully saturated rings. The lowest BCUT2D eigenvalue weighted by atomic mass is 9.97. The van der Waals surface area contributed by atoms with Crippen LogP contribution in [-0.2, 0) is 25.7 Å². The highest BCUT2D eigenvalue weighted by atomic mass is 32.2. The van der Waals surface area contributed by atoms with Crippen LogP contribution in [0, 0.1) is 11.8 Å². The molecule has 2 aliphatic heterocycles. The second-order valence-corrected chi connectivity index (χ2v) is 12.7. The fourth-order valence-corrected chi connectivity index (χ4v) is 7.02. The first-order valence-electron chi connectivity index (χ1n) is 12.1. The van der Waals surface area contributed by atoms with Crippen LogP contribution in [0.15, 0.2) is 29.2 Å². The van der Waals surface area contributed by atoms with Crippen LogP contribution in [0.1, 0.15) is 52.0 Å². The molecule has 1 N–H and O–H groups in total. The van der Waals surface area contributed by atoms with E-state index in [1.165, 1.54) is 15.3 Å². The summed E-state index contributed by atoms with van der Waals surface area (Å²) >= 11 is 0. The van der Waals surface area contributed by atoms with Crippen molar-refractivity contribution in [2.45, 2.75) is 75.2 Å². The van der Waals surface area contributed by atoms with Gasteiger partial charge in [0, 0.05) is 25.7 Å². The summed E-state index contributed by atoms with van der Waals surface area (Å²) in [6.45, 7) is 6.01. The average molecular weight is 532 g/mol. The quantitative estimate of drug-likeness (QED) is 0.640. The largest absolute Gasteiger partial charge is 0.444 e. The first kappa shape index (κ1) is 26.7. The van der Waals surface area contributed by atoms with Gasteiger partial charge in [0.1, 0.15) is 11.6 Å². The van der Waals surface area contributed by atoms with E-state index in [0.29, 0.717) is 38.3 Å². The molecule has 36 heavy (non-hydrogen) atoms. The summed E-state index contributed by atoms with van der Waals surface area (Å²) < 4.78 is 72.2. The number of hydrogen-bond donors (Lipinski definition) is 1. The van der Waals surface area contributed by atoms with E-state index in [9.17, 15) is 31.2 Å². The fraction of sp³-hybridized carbons (Fsp3) is 0.667. The Hall–Kier alpha value is -2.34. The van der Waals surface area contributed by atoms with E-state index in [0.717, 1.165) is 12.1 Å². The third-order valence-electron chi connectivity index (χ3n) is 7.13. The topological polar surface area (TPSA) is 96.0 Å². The van der Waals surface area contributed by atoms with Crippen LogP contribution in [0.3, 0.4) is 0 Å². The molecule has 4 rings (SSSR count). The van der Waals surface area contributed by atoms with Crippen molar-refractivity contribution in [3.63, 3.8) is 0 Å². The molecule has 12 heteroatoms. The molecule has 1 aromatic carbocycles. The molecule has 1 saturated carbocycles. The molecule has 0 bridgehead atoms. The SMILES string of the molecule is CC(C)(C)OC(=O)N1CCCC1C(=O)N[C@H]1CC[C@@H]2CN(S(=O)(=O)c3cccc(C(F)(F)F)c3)C[C@@H]21. The van der Waals surface area contributed by atoms with Crippen LogP contribution in [0.5, 0.6) is 0 Å². The zero-order chi connectivity index (χ0) is 26.5. The maximum absolute atomic E-state index is 13.1. The van der Waals surface area contributed by atoms with E-state index in [2.05, 4.69) is 5.32 Å². The van der Waals surface area contributed by atoms with Crippen molar-refractivity contribution in [3.8, 4) is 0 Å². The van der Waals surface area contributed by atoms with Gasteiger partial charge < -0.3 is 10.1 Å². The highest BCUT2D eigenvalue weighted by Gasteiger charge is 2.48. The van der Waals surface area contributed by atoms with Crippen molar-refractivity contribution >= 4 is 22.0 Å². The molecule has 2 saturated heterocycles. The average Bonchev–Trinajstić information content (AvgIpc) is 3.49. The number of amides is 2. The van der Waals surface area contributed by atoms with E-state index < -0.39 is 44.4 Å². The van der Waals surface area contributed by atoms with Gasteiger partial charge in [0.15, 0.2) is 0 Å². The summed E-state index contributed by atoms with van der Waals surface area (Å²) in [5, 5.41) is 3.02. The number of nitrogens with zero attached hydrogens (tertiary/aromatic N) is 2. The monoisotopic (exact) mass is 531 g/mol. The molecule has 2 amide bonds. The summed E-state index contributed by atoms with van der Waals surface area (Å²) in [6.07, 6.45) is -2.61. The normalized spacial score (nSPS) is 27.2. The molecule has 200 valence electrons. The summed E-state index contributed by atoms with van der Waals surface area (Å²) in [7, 11) is -4.12. The Kier molecular flexibility index (Phi) is 7.06. The van der Waals surface area contributed by atoms with Gasteiger partial charge in [-0.25, -0.2) is 13.2 Å². The van der Waals surface area contributed by atoms with E-state index in [-0.39, 0.29) is 36.9 Å². The van der Waals surface area contributed by atoms with Crippen molar-refractivity contribution in [3.05, 3.63) is 29.8 Å². The van der Waals surface area contributed by atoms with E-state index in [1.807, 2.05) is 0 Å². The fourth-order valence-electron chi connectivity index (χ4n) is 5.44. The lowest BCUT2D eigenvalue weighted by Crippen LogP contribution is -2.51. The molecule has 3 aliphatic rings. The number of likely N-dealkylation sites (tertiary alicyclic amines) is 1. The van der Waals surface area contributed by atoms with Crippen molar-refractivity contribution in [2.75, 3.05) is 19.6 Å². The number of alkyl halides is 3. The van der Waals surface area contributed by atoms with Crippen LogP contribution >= 0.6 is 0 Å². The molecule has 1 unspecified atom stereocenters. The van der Waals surface area contributed by atoms with Gasteiger partial charge in [0.05, 0.1) is 10.5 Å². The summed E-state index contributed by atoms with van der Waals surface area (Å²) in [5.41, 5.74) is -1.70. The van der Waals surface area contributed by atoms with Crippen LogP contribution in [0.25, 0.3) is 0 Å². The predicted octanol–water partition coefficient (Wildman–Crippen LogP) is 3.62. The number of carbonyl (C=O) groups is 2. The molecule has 2 heterocycles. The third-order valence-corrected chi connectivity index (χ3v) is 8.96. The lowest BCUT2D eigenvalue weighted by molar-refractivity contribution is -0.137. The summed E-state index contributed by atoms with van der Waals surface area (Å²) in [4.78, 5) is 26.7. The first-order valence-corrected chi connectivity index (χ1v) is 13.6. The lowest BCUT2D eigenvalue weighted by Gasteiger charge is -2.29. The molecular formula is C24H32F3N3O5S.